The molecule has 0 unspecified atom stereocenters. The number of hydrogen-bond acceptors (Lipinski definition) is 6. The molecule has 0 saturated carbocycles. The molecule has 61 heavy (non-hydrogen) atoms. The lowest BCUT2D eigenvalue weighted by Gasteiger charge is -2.18. The van der Waals surface area contributed by atoms with E-state index in [1.165, 1.54) is 193 Å². The SMILES string of the molecule is CCCCCCCCCCCCCC(=O)OC[C@H](COC(=O)CCCCCCCCCCCCCCCCCCCCC(C)C)OC(=O)CCCCCCCCCCC(C)C. The predicted molar refractivity (Wildman–Crippen MR) is 261 cm³/mol. The van der Waals surface area contributed by atoms with Crippen LogP contribution in [0.5, 0.6) is 0 Å². The van der Waals surface area contributed by atoms with E-state index in [0.29, 0.717) is 19.3 Å². The monoisotopic (exact) mass is 863 g/mol. The van der Waals surface area contributed by atoms with Crippen molar-refractivity contribution in [2.45, 2.75) is 310 Å². The smallest absolute Gasteiger partial charge is 0.306 e. The summed E-state index contributed by atoms with van der Waals surface area (Å²) in [6.07, 6.45) is 49.6. The molecule has 0 aliphatic rings. The molecule has 0 aliphatic heterocycles. The van der Waals surface area contributed by atoms with Gasteiger partial charge in [0.25, 0.3) is 0 Å². The van der Waals surface area contributed by atoms with Gasteiger partial charge < -0.3 is 14.2 Å². The van der Waals surface area contributed by atoms with Crippen LogP contribution in [0, 0.1) is 11.8 Å². The molecule has 0 aromatic heterocycles. The van der Waals surface area contributed by atoms with Gasteiger partial charge in [0.2, 0.25) is 0 Å². The van der Waals surface area contributed by atoms with E-state index in [1.54, 1.807) is 0 Å². The summed E-state index contributed by atoms with van der Waals surface area (Å²) in [7, 11) is 0. The highest BCUT2D eigenvalue weighted by Crippen LogP contribution is 2.18. The van der Waals surface area contributed by atoms with Crippen LogP contribution in [0.3, 0.4) is 0 Å². The molecular formula is C55H106O6. The molecule has 0 saturated heterocycles. The molecular weight excluding hydrogens is 757 g/mol. The second kappa shape index (κ2) is 47.9. The Labute approximate surface area is 380 Å². The quantitative estimate of drug-likeness (QED) is 0.0344. The Morgan fingerprint density at radius 1 is 0.311 bits per heavy atom. The highest BCUT2D eigenvalue weighted by molar-refractivity contribution is 5.71. The van der Waals surface area contributed by atoms with Gasteiger partial charge >= 0.3 is 17.9 Å². The minimum Gasteiger partial charge on any atom is -0.462 e. The van der Waals surface area contributed by atoms with Crippen molar-refractivity contribution in [2.75, 3.05) is 13.2 Å². The van der Waals surface area contributed by atoms with Crippen molar-refractivity contribution in [2.24, 2.45) is 11.8 Å². The normalized spacial score (nSPS) is 12.0. The third-order valence-corrected chi connectivity index (χ3v) is 12.5. The fraction of sp³-hybridized carbons (Fsp3) is 0.945. The first-order valence-corrected chi connectivity index (χ1v) is 27.2. The lowest BCUT2D eigenvalue weighted by molar-refractivity contribution is -0.167. The van der Waals surface area contributed by atoms with E-state index in [9.17, 15) is 14.4 Å². The van der Waals surface area contributed by atoms with Crippen LogP contribution in [0.15, 0.2) is 0 Å². The van der Waals surface area contributed by atoms with Crippen LogP contribution in [-0.4, -0.2) is 37.2 Å². The summed E-state index contributed by atoms with van der Waals surface area (Å²) >= 11 is 0. The fourth-order valence-electron chi connectivity index (χ4n) is 8.34. The molecule has 0 radical (unpaired) electrons. The largest absolute Gasteiger partial charge is 0.462 e. The zero-order chi connectivity index (χ0) is 44.7. The van der Waals surface area contributed by atoms with Gasteiger partial charge in [-0.25, -0.2) is 0 Å². The van der Waals surface area contributed by atoms with Crippen LogP contribution in [0.2, 0.25) is 0 Å². The maximum atomic E-state index is 12.8. The Morgan fingerprint density at radius 3 is 0.803 bits per heavy atom. The predicted octanol–water partition coefficient (Wildman–Crippen LogP) is 17.7. The van der Waals surface area contributed by atoms with Gasteiger partial charge in [0.15, 0.2) is 6.10 Å². The molecule has 0 aromatic carbocycles. The maximum absolute atomic E-state index is 12.8. The third-order valence-electron chi connectivity index (χ3n) is 12.5. The summed E-state index contributed by atoms with van der Waals surface area (Å²) < 4.78 is 16.8. The Balaban J connectivity index is 4.19. The topological polar surface area (TPSA) is 78.9 Å². The molecule has 0 amide bonds. The molecule has 0 heterocycles. The van der Waals surface area contributed by atoms with Gasteiger partial charge in [-0.3, -0.25) is 14.4 Å². The first-order valence-electron chi connectivity index (χ1n) is 27.2. The van der Waals surface area contributed by atoms with E-state index < -0.39 is 6.10 Å². The van der Waals surface area contributed by atoms with Gasteiger partial charge in [-0.2, -0.15) is 0 Å². The number of hydrogen-bond donors (Lipinski definition) is 0. The van der Waals surface area contributed by atoms with Crippen molar-refractivity contribution < 1.29 is 28.6 Å². The molecule has 0 aromatic rings. The number of rotatable bonds is 49. The first kappa shape index (κ1) is 59.4. The van der Waals surface area contributed by atoms with E-state index in [4.69, 9.17) is 14.2 Å². The standard InChI is InChI=1S/C55H106O6/c1-6-7-8-9-10-11-20-24-30-35-40-45-53(56)59-48-52(61-55(58)47-42-37-32-27-26-29-34-39-44-51(4)5)49-60-54(57)46-41-36-31-25-22-19-17-15-13-12-14-16-18-21-23-28-33-38-43-50(2)3/h50-52H,6-49H2,1-5H3/t52-/m1/s1. The Kier molecular flexibility index (Phi) is 46.6. The van der Waals surface area contributed by atoms with Crippen molar-refractivity contribution in [3.05, 3.63) is 0 Å². The summed E-state index contributed by atoms with van der Waals surface area (Å²) in [5.41, 5.74) is 0. The average Bonchev–Trinajstić information content (AvgIpc) is 3.23. The lowest BCUT2D eigenvalue weighted by atomic mass is 10.0. The molecule has 0 bridgehead atoms. The minimum atomic E-state index is -0.761. The summed E-state index contributed by atoms with van der Waals surface area (Å²) in [5, 5.41) is 0. The molecule has 6 heteroatoms. The molecule has 0 spiro atoms. The molecule has 6 nitrogen and oxygen atoms in total. The summed E-state index contributed by atoms with van der Waals surface area (Å²) in [5.74, 6) is 0.805. The second-order valence-corrected chi connectivity index (χ2v) is 19.8. The van der Waals surface area contributed by atoms with Crippen molar-refractivity contribution in [3.63, 3.8) is 0 Å². The van der Waals surface area contributed by atoms with Gasteiger partial charge in [0.05, 0.1) is 0 Å². The number of carbonyl (C=O) groups excluding carboxylic acids is 3. The maximum Gasteiger partial charge on any atom is 0.306 e. The van der Waals surface area contributed by atoms with Crippen LogP contribution in [0.1, 0.15) is 304 Å². The average molecular weight is 863 g/mol. The zero-order valence-corrected chi connectivity index (χ0v) is 41.8. The number of ether oxygens (including phenoxy) is 3. The second-order valence-electron chi connectivity index (χ2n) is 19.8. The molecule has 0 rings (SSSR count). The van der Waals surface area contributed by atoms with E-state index in [0.717, 1.165) is 69.6 Å². The summed E-state index contributed by atoms with van der Waals surface area (Å²) in [4.78, 5) is 37.9. The van der Waals surface area contributed by atoms with Crippen molar-refractivity contribution in [3.8, 4) is 0 Å². The number of carbonyl (C=O) groups is 3. The van der Waals surface area contributed by atoms with Crippen molar-refractivity contribution in [1.29, 1.82) is 0 Å². The van der Waals surface area contributed by atoms with E-state index in [2.05, 4.69) is 34.6 Å². The molecule has 0 aliphatic carbocycles. The molecule has 0 N–H and O–H groups in total. The number of esters is 3. The Bertz CT molecular complexity index is 931. The van der Waals surface area contributed by atoms with Crippen LogP contribution in [0.25, 0.3) is 0 Å². The summed E-state index contributed by atoms with van der Waals surface area (Å²) in [6.45, 7) is 11.4. The molecule has 0 fully saturated rings. The van der Waals surface area contributed by atoms with Crippen LogP contribution >= 0.6 is 0 Å². The Morgan fingerprint density at radius 2 is 0.541 bits per heavy atom. The van der Waals surface area contributed by atoms with Crippen LogP contribution in [0.4, 0.5) is 0 Å². The van der Waals surface area contributed by atoms with E-state index >= 15 is 0 Å². The Hall–Kier alpha value is -1.59. The van der Waals surface area contributed by atoms with Crippen molar-refractivity contribution >= 4 is 17.9 Å². The van der Waals surface area contributed by atoms with Crippen LogP contribution in [-0.2, 0) is 28.6 Å². The lowest BCUT2D eigenvalue weighted by Crippen LogP contribution is -2.30. The van der Waals surface area contributed by atoms with Gasteiger partial charge in [-0.05, 0) is 31.1 Å². The first-order chi connectivity index (χ1) is 29.7. The third kappa shape index (κ3) is 49.3. The van der Waals surface area contributed by atoms with Gasteiger partial charge in [0, 0.05) is 19.3 Å². The molecule has 1 atom stereocenters. The van der Waals surface area contributed by atoms with Gasteiger partial charge in [-0.1, -0.05) is 266 Å². The van der Waals surface area contributed by atoms with Crippen LogP contribution < -0.4 is 0 Å². The van der Waals surface area contributed by atoms with E-state index in [1.807, 2.05) is 0 Å². The molecule has 362 valence electrons. The minimum absolute atomic E-state index is 0.0637. The van der Waals surface area contributed by atoms with Gasteiger partial charge in [0.1, 0.15) is 13.2 Å². The van der Waals surface area contributed by atoms with Gasteiger partial charge in [-0.15, -0.1) is 0 Å². The van der Waals surface area contributed by atoms with E-state index in [-0.39, 0.29) is 31.1 Å². The van der Waals surface area contributed by atoms with Crippen molar-refractivity contribution in [1.82, 2.24) is 0 Å². The highest BCUT2D eigenvalue weighted by atomic mass is 16.6. The summed E-state index contributed by atoms with van der Waals surface area (Å²) in [6, 6.07) is 0. The number of unbranched alkanes of at least 4 members (excludes halogenated alkanes) is 34. The fourth-order valence-corrected chi connectivity index (χ4v) is 8.34. The highest BCUT2D eigenvalue weighted by Gasteiger charge is 2.19. The zero-order valence-electron chi connectivity index (χ0n) is 41.8.